The lowest BCUT2D eigenvalue weighted by Gasteiger charge is -2.13. The van der Waals surface area contributed by atoms with Crippen LogP contribution in [0.4, 0.5) is 0 Å². The molecule has 2 aromatic rings. The van der Waals surface area contributed by atoms with E-state index in [4.69, 9.17) is 10.6 Å². The topological polar surface area (TPSA) is 67.5 Å². The SMILES string of the molecule is CONC(=Cc1ccccc1)c1cc(Br)c(O)c(CN)c1. The highest BCUT2D eigenvalue weighted by atomic mass is 79.9. The molecular formula is C16H17BrN2O2. The predicted octanol–water partition coefficient (Wildman–Crippen LogP) is 3.26. The summed E-state index contributed by atoms with van der Waals surface area (Å²) in [6, 6.07) is 13.5. The van der Waals surface area contributed by atoms with E-state index in [1.807, 2.05) is 48.5 Å². The minimum Gasteiger partial charge on any atom is -0.506 e. The third-order valence-electron chi connectivity index (χ3n) is 3.00. The first kappa shape index (κ1) is 15.6. The van der Waals surface area contributed by atoms with Gasteiger partial charge in [0.25, 0.3) is 0 Å². The maximum absolute atomic E-state index is 9.93. The highest BCUT2D eigenvalue weighted by Gasteiger charge is 2.10. The van der Waals surface area contributed by atoms with Crippen LogP contribution in [0.2, 0.25) is 0 Å². The van der Waals surface area contributed by atoms with Crippen LogP contribution in [0.25, 0.3) is 11.8 Å². The standard InChI is InChI=1S/C16H17BrN2O2/c1-21-19-15(7-11-5-3-2-4-6-11)12-8-13(10-18)16(20)14(17)9-12/h2-9,19-20H,10,18H2,1H3. The van der Waals surface area contributed by atoms with E-state index >= 15 is 0 Å². The van der Waals surface area contributed by atoms with Gasteiger partial charge >= 0.3 is 0 Å². The molecule has 0 bridgehead atoms. The van der Waals surface area contributed by atoms with Crippen LogP contribution in [0.1, 0.15) is 16.7 Å². The maximum atomic E-state index is 9.93. The smallest absolute Gasteiger partial charge is 0.134 e. The van der Waals surface area contributed by atoms with E-state index in [9.17, 15) is 5.11 Å². The maximum Gasteiger partial charge on any atom is 0.134 e. The first-order valence-corrected chi connectivity index (χ1v) is 7.22. The summed E-state index contributed by atoms with van der Waals surface area (Å²) >= 11 is 3.34. The molecule has 0 atom stereocenters. The second-order valence-electron chi connectivity index (χ2n) is 4.44. The molecule has 2 rings (SSSR count). The van der Waals surface area contributed by atoms with Gasteiger partial charge < -0.3 is 10.8 Å². The van der Waals surface area contributed by atoms with Gasteiger partial charge in [-0.05, 0) is 39.7 Å². The van der Waals surface area contributed by atoms with Crippen LogP contribution in [0, 0.1) is 0 Å². The number of benzene rings is 2. The van der Waals surface area contributed by atoms with E-state index in [0.29, 0.717) is 10.0 Å². The van der Waals surface area contributed by atoms with Gasteiger partial charge in [-0.25, -0.2) is 0 Å². The summed E-state index contributed by atoms with van der Waals surface area (Å²) in [5, 5.41) is 9.93. The Morgan fingerprint density at radius 1 is 1.33 bits per heavy atom. The Morgan fingerprint density at radius 3 is 2.67 bits per heavy atom. The van der Waals surface area contributed by atoms with E-state index in [1.54, 1.807) is 7.11 Å². The van der Waals surface area contributed by atoms with Crippen molar-refractivity contribution in [2.24, 2.45) is 5.73 Å². The Morgan fingerprint density at radius 2 is 2.05 bits per heavy atom. The molecule has 4 N–H and O–H groups in total. The van der Waals surface area contributed by atoms with E-state index < -0.39 is 0 Å². The summed E-state index contributed by atoms with van der Waals surface area (Å²) in [6.07, 6.45) is 1.96. The van der Waals surface area contributed by atoms with Crippen molar-refractivity contribution in [1.82, 2.24) is 5.48 Å². The van der Waals surface area contributed by atoms with Crippen molar-refractivity contribution >= 4 is 27.7 Å². The van der Waals surface area contributed by atoms with Crippen molar-refractivity contribution in [3.05, 3.63) is 63.6 Å². The number of nitrogens with one attached hydrogen (secondary N) is 1. The average molecular weight is 349 g/mol. The fourth-order valence-electron chi connectivity index (χ4n) is 1.96. The van der Waals surface area contributed by atoms with Crippen LogP contribution < -0.4 is 11.2 Å². The molecule has 0 saturated carbocycles. The highest BCUT2D eigenvalue weighted by Crippen LogP contribution is 2.31. The zero-order valence-corrected chi connectivity index (χ0v) is 13.2. The fourth-order valence-corrected chi connectivity index (χ4v) is 2.47. The van der Waals surface area contributed by atoms with Crippen molar-refractivity contribution in [1.29, 1.82) is 0 Å². The molecular weight excluding hydrogens is 332 g/mol. The van der Waals surface area contributed by atoms with Gasteiger partial charge in [0.1, 0.15) is 5.75 Å². The third-order valence-corrected chi connectivity index (χ3v) is 3.60. The van der Waals surface area contributed by atoms with Gasteiger partial charge in [-0.15, -0.1) is 0 Å². The summed E-state index contributed by atoms with van der Waals surface area (Å²) < 4.78 is 0.595. The fraction of sp³-hybridized carbons (Fsp3) is 0.125. The van der Waals surface area contributed by atoms with Crippen LogP contribution >= 0.6 is 15.9 Å². The second kappa shape index (κ2) is 7.26. The van der Waals surface area contributed by atoms with E-state index in [-0.39, 0.29) is 12.3 Å². The van der Waals surface area contributed by atoms with Crippen molar-refractivity contribution < 1.29 is 9.94 Å². The molecule has 4 nitrogen and oxygen atoms in total. The van der Waals surface area contributed by atoms with Crippen LogP contribution in [-0.4, -0.2) is 12.2 Å². The van der Waals surface area contributed by atoms with E-state index in [0.717, 1.165) is 16.8 Å². The molecule has 0 heterocycles. The molecule has 0 amide bonds. The largest absolute Gasteiger partial charge is 0.506 e. The van der Waals surface area contributed by atoms with Gasteiger partial charge in [-0.2, -0.15) is 0 Å². The lowest BCUT2D eigenvalue weighted by molar-refractivity contribution is 0.137. The Labute approximate surface area is 132 Å². The normalized spacial score (nSPS) is 11.5. The van der Waals surface area contributed by atoms with Gasteiger partial charge in [-0.3, -0.25) is 10.3 Å². The molecule has 0 aliphatic rings. The predicted molar refractivity (Wildman–Crippen MR) is 88.2 cm³/mol. The van der Waals surface area contributed by atoms with Crippen LogP contribution in [-0.2, 0) is 11.4 Å². The Hall–Kier alpha value is -1.82. The zero-order valence-electron chi connectivity index (χ0n) is 11.6. The molecule has 5 heteroatoms. The molecule has 0 unspecified atom stereocenters. The van der Waals surface area contributed by atoms with Crippen LogP contribution in [0.15, 0.2) is 46.9 Å². The minimum atomic E-state index is 0.165. The summed E-state index contributed by atoms with van der Waals surface area (Å²) in [7, 11) is 1.55. The van der Waals surface area contributed by atoms with Gasteiger partial charge in [0, 0.05) is 17.7 Å². The van der Waals surface area contributed by atoms with Crippen molar-refractivity contribution in [2.75, 3.05) is 7.11 Å². The number of nitrogens with two attached hydrogens (primary N) is 1. The molecule has 2 aromatic carbocycles. The van der Waals surface area contributed by atoms with Gasteiger partial charge in [0.15, 0.2) is 0 Å². The molecule has 0 aliphatic heterocycles. The number of hydroxylamine groups is 1. The van der Waals surface area contributed by atoms with Crippen molar-refractivity contribution in [3.8, 4) is 5.75 Å². The molecule has 0 fully saturated rings. The lowest BCUT2D eigenvalue weighted by atomic mass is 10.1. The minimum absolute atomic E-state index is 0.165. The van der Waals surface area contributed by atoms with Gasteiger partial charge in [0.05, 0.1) is 17.3 Å². The molecule has 0 saturated heterocycles. The molecule has 0 radical (unpaired) electrons. The number of phenolic OH excluding ortho intramolecular Hbond substituents is 1. The van der Waals surface area contributed by atoms with Crippen molar-refractivity contribution in [3.63, 3.8) is 0 Å². The van der Waals surface area contributed by atoms with E-state index in [1.165, 1.54) is 0 Å². The highest BCUT2D eigenvalue weighted by molar-refractivity contribution is 9.10. The number of rotatable bonds is 5. The number of phenols is 1. The number of aromatic hydroxyl groups is 1. The first-order chi connectivity index (χ1) is 10.2. The Bertz CT molecular complexity index is 642. The average Bonchev–Trinajstić information content (AvgIpc) is 2.50. The van der Waals surface area contributed by atoms with Gasteiger partial charge in [0.2, 0.25) is 0 Å². The molecule has 0 spiro atoms. The quantitative estimate of drug-likeness (QED) is 0.573. The number of hydrogen-bond donors (Lipinski definition) is 3. The molecule has 21 heavy (non-hydrogen) atoms. The summed E-state index contributed by atoms with van der Waals surface area (Å²) in [4.78, 5) is 5.05. The van der Waals surface area contributed by atoms with Crippen LogP contribution in [0.3, 0.4) is 0 Å². The third kappa shape index (κ3) is 3.85. The number of halogens is 1. The Kier molecular flexibility index (Phi) is 5.38. The molecule has 110 valence electrons. The molecule has 0 aliphatic carbocycles. The molecule has 0 aromatic heterocycles. The first-order valence-electron chi connectivity index (χ1n) is 6.43. The van der Waals surface area contributed by atoms with E-state index in [2.05, 4.69) is 21.4 Å². The van der Waals surface area contributed by atoms with Crippen LogP contribution in [0.5, 0.6) is 5.75 Å². The monoisotopic (exact) mass is 348 g/mol. The summed E-state index contributed by atoms with van der Waals surface area (Å²) in [6.45, 7) is 0.254. The number of hydrogen-bond acceptors (Lipinski definition) is 4. The summed E-state index contributed by atoms with van der Waals surface area (Å²) in [5.41, 5.74) is 11.9. The zero-order chi connectivity index (χ0) is 15.2. The second-order valence-corrected chi connectivity index (χ2v) is 5.30. The van der Waals surface area contributed by atoms with Crippen molar-refractivity contribution in [2.45, 2.75) is 6.54 Å². The summed E-state index contributed by atoms with van der Waals surface area (Å²) in [5.74, 6) is 0.165. The lowest BCUT2D eigenvalue weighted by Crippen LogP contribution is -2.10. The Balaban J connectivity index is 2.48. The van der Waals surface area contributed by atoms with Gasteiger partial charge in [-0.1, -0.05) is 30.3 Å².